The van der Waals surface area contributed by atoms with Crippen molar-refractivity contribution in [2.24, 2.45) is 0 Å². The maximum absolute atomic E-state index is 12.9. The highest BCUT2D eigenvalue weighted by molar-refractivity contribution is 6.05. The van der Waals surface area contributed by atoms with Crippen molar-refractivity contribution in [3.05, 3.63) is 65.9 Å². The first kappa shape index (κ1) is 30.4. The highest BCUT2D eigenvalue weighted by Crippen LogP contribution is 2.28. The molecule has 0 atom stereocenters. The summed E-state index contributed by atoms with van der Waals surface area (Å²) in [5, 5.41) is 2.79. The van der Waals surface area contributed by atoms with Crippen LogP contribution in [0.25, 0.3) is 0 Å². The van der Waals surface area contributed by atoms with E-state index in [4.69, 9.17) is 18.9 Å². The van der Waals surface area contributed by atoms with Crippen LogP contribution in [0.3, 0.4) is 0 Å². The molecule has 0 saturated carbocycles. The highest BCUT2D eigenvalue weighted by atomic mass is 16.6. The zero-order chi connectivity index (χ0) is 28.3. The lowest BCUT2D eigenvalue weighted by atomic mass is 10.2. The fourth-order valence-electron chi connectivity index (χ4n) is 3.11. The van der Waals surface area contributed by atoms with Crippen LogP contribution in [0, 0.1) is 0 Å². The quantitative estimate of drug-likeness (QED) is 0.156. The number of nitrogens with one attached hydrogen (secondary N) is 1. The summed E-state index contributed by atoms with van der Waals surface area (Å²) in [5.74, 6) is -1.53. The lowest BCUT2D eigenvalue weighted by Gasteiger charge is -2.22. The highest BCUT2D eigenvalue weighted by Gasteiger charge is 2.25. The third-order valence-corrected chi connectivity index (χ3v) is 4.74. The molecule has 0 aliphatic rings. The normalized spacial score (nSPS) is 11.9. The van der Waals surface area contributed by atoms with Crippen molar-refractivity contribution < 1.29 is 33.3 Å². The van der Waals surface area contributed by atoms with Crippen molar-refractivity contribution in [2.75, 3.05) is 11.9 Å². The van der Waals surface area contributed by atoms with E-state index in [1.54, 1.807) is 90.1 Å². The molecule has 2 rings (SSSR count). The van der Waals surface area contributed by atoms with Crippen LogP contribution in [0.4, 0.5) is 5.69 Å². The average Bonchev–Trinajstić information content (AvgIpc) is 2.80. The lowest BCUT2D eigenvalue weighted by molar-refractivity contribution is -0.154. The van der Waals surface area contributed by atoms with Crippen LogP contribution in [-0.4, -0.2) is 35.7 Å². The summed E-state index contributed by atoms with van der Waals surface area (Å²) in [6.45, 7) is 13.0. The molecule has 0 radical (unpaired) electrons. The topological polar surface area (TPSA) is 100 Å². The number of carbonyl (C=O) groups is 3. The molecular weight excluding hydrogens is 486 g/mol. The van der Waals surface area contributed by atoms with Crippen LogP contribution in [0.15, 0.2) is 60.4 Å². The Morgan fingerprint density at radius 2 is 1.47 bits per heavy atom. The average molecular weight is 526 g/mol. The van der Waals surface area contributed by atoms with Gasteiger partial charge < -0.3 is 24.3 Å². The molecule has 0 bridgehead atoms. The molecule has 0 saturated heterocycles. The summed E-state index contributed by atoms with van der Waals surface area (Å²) in [6, 6.07) is 13.4. The molecule has 8 heteroatoms. The predicted molar refractivity (Wildman–Crippen MR) is 146 cm³/mol. The molecule has 0 aromatic heterocycles. The van der Waals surface area contributed by atoms with Crippen LogP contribution in [0.5, 0.6) is 11.5 Å². The number of esters is 2. The number of unbranched alkanes of at least 4 members (excludes halogenated alkanes) is 2. The van der Waals surface area contributed by atoms with Crippen molar-refractivity contribution in [1.82, 2.24) is 0 Å². The Morgan fingerprint density at radius 1 is 0.842 bits per heavy atom. The Balaban J connectivity index is 2.22. The second-order valence-electron chi connectivity index (χ2n) is 10.7. The van der Waals surface area contributed by atoms with Crippen LogP contribution >= 0.6 is 0 Å². The van der Waals surface area contributed by atoms with Crippen molar-refractivity contribution in [1.29, 1.82) is 0 Å². The van der Waals surface area contributed by atoms with E-state index >= 15 is 0 Å². The number of ether oxygens (including phenoxy) is 4. The zero-order valence-electron chi connectivity index (χ0n) is 23.4. The number of para-hydroxylation sites is 2. The summed E-state index contributed by atoms with van der Waals surface area (Å²) >= 11 is 0. The maximum Gasteiger partial charge on any atom is 0.375 e. The molecule has 206 valence electrons. The van der Waals surface area contributed by atoms with Crippen molar-refractivity contribution >= 4 is 23.5 Å². The van der Waals surface area contributed by atoms with E-state index in [-0.39, 0.29) is 17.4 Å². The monoisotopic (exact) mass is 525 g/mol. The molecule has 0 aliphatic heterocycles. The number of amides is 1. The number of hydrogen-bond acceptors (Lipinski definition) is 7. The standard InChI is InChI=1S/C30H39NO7/c1-8-9-12-19-35-22-17-15-21(16-18-22)27(33)31-23-13-10-11-14-24(23)36-25(28(34)38-30(5,6)7)20-26(32)37-29(2,3)4/h10-11,13-18,20H,8-9,12,19H2,1-7H3,(H,31,33)/b25-20+. The van der Waals surface area contributed by atoms with Gasteiger partial charge in [0.05, 0.1) is 18.4 Å². The number of hydrogen-bond donors (Lipinski definition) is 1. The number of carbonyl (C=O) groups excluding carboxylic acids is 3. The molecule has 1 N–H and O–H groups in total. The van der Waals surface area contributed by atoms with Gasteiger partial charge in [0.15, 0.2) is 5.75 Å². The first-order valence-corrected chi connectivity index (χ1v) is 12.8. The Labute approximate surface area is 225 Å². The minimum atomic E-state index is -0.848. The molecule has 2 aromatic rings. The lowest BCUT2D eigenvalue weighted by Crippen LogP contribution is -2.28. The Hall–Kier alpha value is -3.81. The summed E-state index contributed by atoms with van der Waals surface area (Å²) in [5.41, 5.74) is -0.879. The molecule has 2 aromatic carbocycles. The van der Waals surface area contributed by atoms with Crippen LogP contribution in [-0.2, 0) is 19.1 Å². The Morgan fingerprint density at radius 3 is 2.08 bits per heavy atom. The summed E-state index contributed by atoms with van der Waals surface area (Å²) in [6.07, 6.45) is 4.13. The first-order chi connectivity index (χ1) is 17.8. The van der Waals surface area contributed by atoms with E-state index < -0.39 is 23.1 Å². The van der Waals surface area contributed by atoms with Gasteiger partial charge in [0.25, 0.3) is 5.91 Å². The van der Waals surface area contributed by atoms with Gasteiger partial charge in [-0.15, -0.1) is 0 Å². The molecule has 1 amide bonds. The van der Waals surface area contributed by atoms with E-state index in [0.717, 1.165) is 25.3 Å². The minimum Gasteiger partial charge on any atom is -0.494 e. The zero-order valence-corrected chi connectivity index (χ0v) is 23.4. The van der Waals surface area contributed by atoms with E-state index in [2.05, 4.69) is 12.2 Å². The van der Waals surface area contributed by atoms with Gasteiger partial charge in [-0.1, -0.05) is 31.9 Å². The molecule has 0 aliphatic carbocycles. The molecule has 38 heavy (non-hydrogen) atoms. The number of anilines is 1. The van der Waals surface area contributed by atoms with Crippen LogP contribution in [0.1, 0.15) is 78.1 Å². The third-order valence-electron chi connectivity index (χ3n) is 4.74. The molecule has 0 fully saturated rings. The fraction of sp³-hybridized carbons (Fsp3) is 0.433. The number of rotatable bonds is 11. The second kappa shape index (κ2) is 13.7. The summed E-state index contributed by atoms with van der Waals surface area (Å²) in [7, 11) is 0. The fourth-order valence-corrected chi connectivity index (χ4v) is 3.11. The molecule has 0 heterocycles. The second-order valence-corrected chi connectivity index (χ2v) is 10.7. The third kappa shape index (κ3) is 11.1. The van der Waals surface area contributed by atoms with Gasteiger partial charge in [-0.2, -0.15) is 0 Å². The molecule has 8 nitrogen and oxygen atoms in total. The Kier molecular flexibility index (Phi) is 10.9. The van der Waals surface area contributed by atoms with Crippen LogP contribution < -0.4 is 14.8 Å². The van der Waals surface area contributed by atoms with Crippen molar-refractivity contribution in [2.45, 2.75) is 78.9 Å². The minimum absolute atomic E-state index is 0.150. The smallest absolute Gasteiger partial charge is 0.375 e. The van der Waals surface area contributed by atoms with E-state index in [1.165, 1.54) is 0 Å². The van der Waals surface area contributed by atoms with E-state index in [0.29, 0.717) is 23.6 Å². The van der Waals surface area contributed by atoms with E-state index in [9.17, 15) is 14.4 Å². The van der Waals surface area contributed by atoms with E-state index in [1.807, 2.05) is 0 Å². The molecular formula is C30H39NO7. The summed E-state index contributed by atoms with van der Waals surface area (Å²) in [4.78, 5) is 38.2. The van der Waals surface area contributed by atoms with Gasteiger partial charge in [-0.25, -0.2) is 9.59 Å². The predicted octanol–water partition coefficient (Wildman–Crippen LogP) is 6.45. The largest absolute Gasteiger partial charge is 0.494 e. The van der Waals surface area contributed by atoms with Gasteiger partial charge in [0, 0.05) is 5.56 Å². The Bertz CT molecular complexity index is 1120. The van der Waals surface area contributed by atoms with Crippen molar-refractivity contribution in [3.63, 3.8) is 0 Å². The van der Waals surface area contributed by atoms with Gasteiger partial charge in [-0.3, -0.25) is 4.79 Å². The molecule has 0 spiro atoms. The first-order valence-electron chi connectivity index (χ1n) is 12.8. The molecule has 0 unspecified atom stereocenters. The van der Waals surface area contributed by atoms with Gasteiger partial charge in [-0.05, 0) is 84.4 Å². The van der Waals surface area contributed by atoms with Gasteiger partial charge in [0.1, 0.15) is 17.0 Å². The van der Waals surface area contributed by atoms with Gasteiger partial charge >= 0.3 is 11.9 Å². The van der Waals surface area contributed by atoms with Crippen LogP contribution in [0.2, 0.25) is 0 Å². The summed E-state index contributed by atoms with van der Waals surface area (Å²) < 4.78 is 22.2. The van der Waals surface area contributed by atoms with Crippen molar-refractivity contribution in [3.8, 4) is 11.5 Å². The number of benzene rings is 2. The van der Waals surface area contributed by atoms with Gasteiger partial charge in [0.2, 0.25) is 5.76 Å². The maximum atomic E-state index is 12.9. The SMILES string of the molecule is CCCCCOc1ccc(C(=O)Nc2ccccc2O/C(=C/C(=O)OC(C)(C)C)C(=O)OC(C)(C)C)cc1.